The van der Waals surface area contributed by atoms with Gasteiger partial charge in [-0.2, -0.15) is 0 Å². The van der Waals surface area contributed by atoms with Crippen LogP contribution in [0.3, 0.4) is 0 Å². The van der Waals surface area contributed by atoms with Crippen LogP contribution in [0, 0.1) is 0 Å². The van der Waals surface area contributed by atoms with Crippen LogP contribution in [0.2, 0.25) is 0 Å². The maximum Gasteiger partial charge on any atom is 0.222 e. The second-order valence-corrected chi connectivity index (χ2v) is 5.74. The van der Waals surface area contributed by atoms with Gasteiger partial charge in [-0.1, -0.05) is 12.1 Å². The molecule has 1 unspecified atom stereocenters. The van der Waals surface area contributed by atoms with Crippen LogP contribution in [-0.2, 0) is 9.59 Å². The minimum absolute atomic E-state index is 0.0710. The number of methoxy groups -OCH3 is 1. The lowest BCUT2D eigenvalue weighted by Gasteiger charge is -2.18. The summed E-state index contributed by atoms with van der Waals surface area (Å²) in [6, 6.07) is 7.02. The highest BCUT2D eigenvalue weighted by molar-refractivity contribution is 5.79. The van der Waals surface area contributed by atoms with E-state index in [0.717, 1.165) is 24.3 Å². The van der Waals surface area contributed by atoms with E-state index < -0.39 is 0 Å². The lowest BCUT2D eigenvalue weighted by Crippen LogP contribution is -2.33. The Hall–Kier alpha value is -2.08. The van der Waals surface area contributed by atoms with Crippen LogP contribution < -0.4 is 15.4 Å². The quantitative estimate of drug-likeness (QED) is 0.673. The summed E-state index contributed by atoms with van der Waals surface area (Å²) in [5, 5.41) is 5.72. The van der Waals surface area contributed by atoms with E-state index in [1.807, 2.05) is 38.4 Å². The normalized spacial score (nSPS) is 11.9. The third-order valence-corrected chi connectivity index (χ3v) is 3.39. The average Bonchev–Trinajstić information content (AvgIpc) is 2.50. The van der Waals surface area contributed by atoms with Crippen LogP contribution in [0.5, 0.6) is 5.75 Å². The molecule has 1 atom stereocenters. The predicted molar refractivity (Wildman–Crippen MR) is 90.3 cm³/mol. The monoisotopic (exact) mass is 321 g/mol. The zero-order valence-electron chi connectivity index (χ0n) is 14.4. The van der Waals surface area contributed by atoms with Gasteiger partial charge in [0.15, 0.2) is 0 Å². The maximum atomic E-state index is 12.1. The Kier molecular flexibility index (Phi) is 8.11. The Balaban J connectivity index is 2.59. The molecule has 0 aliphatic rings. The number of carbonyl (C=O) groups excluding carboxylic acids is 2. The predicted octanol–water partition coefficient (Wildman–Crippen LogP) is 1.33. The van der Waals surface area contributed by atoms with Crippen molar-refractivity contribution in [1.29, 1.82) is 0 Å². The number of nitrogens with zero attached hydrogens (tertiary/aromatic N) is 1. The Morgan fingerprint density at radius 3 is 2.39 bits per heavy atom. The minimum atomic E-state index is -0.341. The second kappa shape index (κ2) is 9.84. The molecule has 2 N–H and O–H groups in total. The van der Waals surface area contributed by atoms with E-state index >= 15 is 0 Å². The third-order valence-electron chi connectivity index (χ3n) is 3.39. The third kappa shape index (κ3) is 7.65. The fourth-order valence-corrected chi connectivity index (χ4v) is 2.21. The average molecular weight is 321 g/mol. The Bertz CT molecular complexity index is 500. The molecule has 0 fully saturated rings. The number of hydrogen-bond acceptors (Lipinski definition) is 4. The molecule has 1 aromatic rings. The summed E-state index contributed by atoms with van der Waals surface area (Å²) >= 11 is 0. The van der Waals surface area contributed by atoms with E-state index in [-0.39, 0.29) is 24.3 Å². The van der Waals surface area contributed by atoms with Crippen LogP contribution in [-0.4, -0.2) is 51.0 Å². The van der Waals surface area contributed by atoms with Gasteiger partial charge in [0.05, 0.1) is 19.6 Å². The van der Waals surface area contributed by atoms with Crippen LogP contribution in [0.4, 0.5) is 0 Å². The summed E-state index contributed by atoms with van der Waals surface area (Å²) in [7, 11) is 5.60. The summed E-state index contributed by atoms with van der Waals surface area (Å²) in [5.74, 6) is 0.507. The van der Waals surface area contributed by atoms with Crippen molar-refractivity contribution >= 4 is 11.8 Å². The van der Waals surface area contributed by atoms with Crippen LogP contribution >= 0.6 is 0 Å². The molecule has 1 rings (SSSR count). The highest BCUT2D eigenvalue weighted by Gasteiger charge is 2.17. The first-order valence-corrected chi connectivity index (χ1v) is 7.75. The Morgan fingerprint density at radius 2 is 1.87 bits per heavy atom. The molecule has 0 spiro atoms. The van der Waals surface area contributed by atoms with Gasteiger partial charge in [-0.05, 0) is 44.8 Å². The molecule has 6 nitrogen and oxygen atoms in total. The summed E-state index contributed by atoms with van der Waals surface area (Å²) in [4.78, 5) is 25.5. The van der Waals surface area contributed by atoms with Gasteiger partial charge in [0.2, 0.25) is 11.8 Å². The van der Waals surface area contributed by atoms with Crippen LogP contribution in [0.25, 0.3) is 0 Å². The highest BCUT2D eigenvalue weighted by atomic mass is 16.5. The zero-order valence-corrected chi connectivity index (χ0v) is 14.4. The van der Waals surface area contributed by atoms with Gasteiger partial charge in [-0.3, -0.25) is 9.59 Å². The van der Waals surface area contributed by atoms with Crippen molar-refractivity contribution < 1.29 is 14.3 Å². The minimum Gasteiger partial charge on any atom is -0.497 e. The van der Waals surface area contributed by atoms with Crippen LogP contribution in [0.1, 0.15) is 31.4 Å². The number of ether oxygens (including phenoxy) is 1. The molecule has 0 aromatic heterocycles. The highest BCUT2D eigenvalue weighted by Crippen LogP contribution is 2.20. The first-order valence-electron chi connectivity index (χ1n) is 7.75. The van der Waals surface area contributed by atoms with Gasteiger partial charge < -0.3 is 20.3 Å². The number of hydrogen-bond donors (Lipinski definition) is 2. The molecule has 1 aromatic carbocycles. The van der Waals surface area contributed by atoms with Gasteiger partial charge in [-0.25, -0.2) is 0 Å². The van der Waals surface area contributed by atoms with E-state index in [1.165, 1.54) is 6.92 Å². The van der Waals surface area contributed by atoms with E-state index in [9.17, 15) is 9.59 Å². The molecule has 2 amide bonds. The van der Waals surface area contributed by atoms with Crippen molar-refractivity contribution in [1.82, 2.24) is 15.5 Å². The molecule has 0 aliphatic heterocycles. The standard InChI is InChI=1S/C17H27N3O3/c1-13(21)19-16(14-6-8-15(23-4)9-7-14)12-17(22)18-10-5-11-20(2)3/h6-9,16H,5,10-12H2,1-4H3,(H,18,22)(H,19,21). The summed E-state index contributed by atoms with van der Waals surface area (Å²) in [6.07, 6.45) is 1.11. The van der Waals surface area contributed by atoms with Crippen LogP contribution in [0.15, 0.2) is 24.3 Å². The van der Waals surface area contributed by atoms with Gasteiger partial charge in [0, 0.05) is 13.5 Å². The topological polar surface area (TPSA) is 70.7 Å². The van der Waals surface area contributed by atoms with Crippen molar-refractivity contribution in [2.24, 2.45) is 0 Å². The van der Waals surface area contributed by atoms with E-state index in [0.29, 0.717) is 6.54 Å². The summed E-state index contributed by atoms with van der Waals surface area (Å²) in [6.45, 7) is 3.01. The maximum absolute atomic E-state index is 12.1. The molecule has 6 heteroatoms. The molecular formula is C17H27N3O3. The molecule has 128 valence electrons. The molecule has 0 heterocycles. The smallest absolute Gasteiger partial charge is 0.222 e. The van der Waals surface area contributed by atoms with Crippen molar-refractivity contribution in [3.63, 3.8) is 0 Å². The van der Waals surface area contributed by atoms with Gasteiger partial charge >= 0.3 is 0 Å². The zero-order chi connectivity index (χ0) is 17.2. The molecular weight excluding hydrogens is 294 g/mol. The van der Waals surface area contributed by atoms with Crippen molar-refractivity contribution in [2.45, 2.75) is 25.8 Å². The molecule has 0 radical (unpaired) electrons. The second-order valence-electron chi connectivity index (χ2n) is 5.74. The Morgan fingerprint density at radius 1 is 1.22 bits per heavy atom. The molecule has 0 saturated carbocycles. The molecule has 23 heavy (non-hydrogen) atoms. The van der Waals surface area contributed by atoms with Gasteiger partial charge in [0.1, 0.15) is 5.75 Å². The van der Waals surface area contributed by atoms with E-state index in [4.69, 9.17) is 4.74 Å². The summed E-state index contributed by atoms with van der Waals surface area (Å²) in [5.41, 5.74) is 0.879. The number of carbonyl (C=O) groups is 2. The number of benzene rings is 1. The van der Waals surface area contributed by atoms with Crippen molar-refractivity contribution in [3.8, 4) is 5.75 Å². The fraction of sp³-hybridized carbons (Fsp3) is 0.529. The number of amides is 2. The SMILES string of the molecule is COc1ccc(C(CC(=O)NCCCN(C)C)NC(C)=O)cc1. The van der Waals surface area contributed by atoms with Crippen molar-refractivity contribution in [3.05, 3.63) is 29.8 Å². The largest absolute Gasteiger partial charge is 0.497 e. The lowest BCUT2D eigenvalue weighted by atomic mass is 10.0. The fourth-order valence-electron chi connectivity index (χ4n) is 2.21. The van der Waals surface area contributed by atoms with Gasteiger partial charge in [0.25, 0.3) is 0 Å². The summed E-state index contributed by atoms with van der Waals surface area (Å²) < 4.78 is 5.13. The van der Waals surface area contributed by atoms with Crippen molar-refractivity contribution in [2.75, 3.05) is 34.3 Å². The molecule has 0 aliphatic carbocycles. The van der Waals surface area contributed by atoms with Gasteiger partial charge in [-0.15, -0.1) is 0 Å². The lowest BCUT2D eigenvalue weighted by molar-refractivity contribution is -0.122. The number of rotatable bonds is 9. The number of nitrogens with one attached hydrogen (secondary N) is 2. The Labute approximate surface area is 138 Å². The van der Waals surface area contributed by atoms with E-state index in [2.05, 4.69) is 15.5 Å². The first kappa shape index (κ1) is 19.0. The first-order chi connectivity index (χ1) is 10.9. The molecule has 0 bridgehead atoms. The molecule has 0 saturated heterocycles. The van der Waals surface area contributed by atoms with E-state index in [1.54, 1.807) is 7.11 Å².